The normalized spacial score (nSPS) is 11.5. The van der Waals surface area contributed by atoms with Gasteiger partial charge in [0, 0.05) is 17.7 Å². The Morgan fingerprint density at radius 2 is 2.13 bits per heavy atom. The predicted molar refractivity (Wildman–Crippen MR) is 55.3 cm³/mol. The average Bonchev–Trinajstić information content (AvgIpc) is 2.40. The first-order valence-electron chi connectivity index (χ1n) is 3.54. The number of methoxy groups -OCH3 is 1. The number of carbonyl (C=O) groups is 1. The summed E-state index contributed by atoms with van der Waals surface area (Å²) < 4.78 is 27.6. The fourth-order valence-electron chi connectivity index (χ4n) is 0.948. The quantitative estimate of drug-likeness (QED) is 0.598. The van der Waals surface area contributed by atoms with E-state index in [0.29, 0.717) is 0 Å². The van der Waals surface area contributed by atoms with Crippen LogP contribution in [-0.2, 0) is 20.8 Å². The van der Waals surface area contributed by atoms with E-state index in [2.05, 4.69) is 25.8 Å². The maximum Gasteiger partial charge on any atom is 0.357 e. The molecule has 0 spiro atoms. The van der Waals surface area contributed by atoms with Crippen LogP contribution in [-0.4, -0.2) is 31.3 Å². The van der Waals surface area contributed by atoms with Crippen molar-refractivity contribution in [2.45, 2.75) is 5.03 Å². The lowest BCUT2D eigenvalue weighted by atomic mass is 10.4. The van der Waals surface area contributed by atoms with Crippen LogP contribution in [0.5, 0.6) is 0 Å². The highest BCUT2D eigenvalue weighted by atomic mass is 79.9. The molecule has 0 amide bonds. The first-order valence-corrected chi connectivity index (χ1v) is 6.64. The fraction of sp³-hybridized carbons (Fsp3) is 0.333. The summed E-state index contributed by atoms with van der Waals surface area (Å²) in [4.78, 5) is 11.2. The molecular formula is C6H6BrClN2O4S. The lowest BCUT2D eigenvalue weighted by Gasteiger charge is -1.98. The second kappa shape index (κ2) is 4.11. The molecule has 0 N–H and O–H groups in total. The maximum atomic E-state index is 11.2. The number of hydrogen-bond donors (Lipinski definition) is 0. The van der Waals surface area contributed by atoms with E-state index >= 15 is 0 Å². The molecule has 0 bridgehead atoms. The minimum absolute atomic E-state index is 0.00755. The summed E-state index contributed by atoms with van der Waals surface area (Å²) in [6, 6.07) is 0. The van der Waals surface area contributed by atoms with Crippen LogP contribution in [0.3, 0.4) is 0 Å². The van der Waals surface area contributed by atoms with Gasteiger partial charge in [0.15, 0.2) is 5.69 Å². The summed E-state index contributed by atoms with van der Waals surface area (Å²) in [5.41, 5.74) is -0.0169. The molecule has 0 aliphatic rings. The van der Waals surface area contributed by atoms with Crippen LogP contribution < -0.4 is 0 Å². The van der Waals surface area contributed by atoms with E-state index in [-0.39, 0.29) is 10.2 Å². The molecule has 0 radical (unpaired) electrons. The van der Waals surface area contributed by atoms with Gasteiger partial charge in [-0.15, -0.1) is 0 Å². The number of hydrogen-bond acceptors (Lipinski definition) is 5. The van der Waals surface area contributed by atoms with Crippen LogP contribution in [0.15, 0.2) is 9.50 Å². The summed E-state index contributed by atoms with van der Waals surface area (Å²) >= 11 is 2.93. The lowest BCUT2D eigenvalue weighted by molar-refractivity contribution is 0.0587. The highest BCUT2D eigenvalue weighted by Crippen LogP contribution is 2.27. The first-order chi connectivity index (χ1) is 6.79. The Hall–Kier alpha value is -0.600. The highest BCUT2D eigenvalue weighted by Gasteiger charge is 2.27. The molecule has 1 rings (SSSR count). The zero-order valence-corrected chi connectivity index (χ0v) is 10.9. The minimum atomic E-state index is -3.99. The minimum Gasteiger partial charge on any atom is -0.464 e. The third-order valence-electron chi connectivity index (χ3n) is 1.57. The van der Waals surface area contributed by atoms with Crippen molar-refractivity contribution >= 4 is 41.6 Å². The molecule has 0 unspecified atom stereocenters. The fourth-order valence-corrected chi connectivity index (χ4v) is 3.22. The Bertz CT molecular complexity index is 509. The second-order valence-corrected chi connectivity index (χ2v) is 5.80. The zero-order valence-electron chi connectivity index (χ0n) is 7.69. The van der Waals surface area contributed by atoms with E-state index < -0.39 is 20.0 Å². The third kappa shape index (κ3) is 2.32. The summed E-state index contributed by atoms with van der Waals surface area (Å²) in [5, 5.41) is 3.19. The van der Waals surface area contributed by atoms with E-state index in [4.69, 9.17) is 10.7 Å². The largest absolute Gasteiger partial charge is 0.464 e. The SMILES string of the molecule is COC(=O)c1c(Br)c(S(=O)(=O)Cl)nn1C. The number of nitrogens with zero attached hydrogens (tertiary/aromatic N) is 2. The number of rotatable bonds is 2. The zero-order chi connectivity index (χ0) is 11.8. The molecule has 1 aromatic rings. The number of carbonyl (C=O) groups excluding carboxylic acids is 1. The van der Waals surface area contributed by atoms with E-state index in [1.54, 1.807) is 0 Å². The second-order valence-electron chi connectivity index (χ2n) is 2.52. The molecule has 1 heterocycles. The van der Waals surface area contributed by atoms with Crippen LogP contribution in [0.25, 0.3) is 0 Å². The molecule has 9 heteroatoms. The van der Waals surface area contributed by atoms with Gasteiger partial charge in [-0.2, -0.15) is 5.10 Å². The standard InChI is InChI=1S/C6H6BrClN2O4S/c1-10-4(6(11)14-2)3(7)5(9-10)15(8,12)13/h1-2H3. The van der Waals surface area contributed by atoms with Crippen molar-refractivity contribution < 1.29 is 17.9 Å². The van der Waals surface area contributed by atoms with E-state index in [0.717, 1.165) is 4.68 Å². The van der Waals surface area contributed by atoms with Crippen molar-refractivity contribution in [3.8, 4) is 0 Å². The summed E-state index contributed by atoms with van der Waals surface area (Å²) in [6.07, 6.45) is 0. The molecule has 6 nitrogen and oxygen atoms in total. The summed E-state index contributed by atoms with van der Waals surface area (Å²) in [6.45, 7) is 0. The molecule has 0 fully saturated rings. The topological polar surface area (TPSA) is 78.3 Å². The molecule has 0 aliphatic carbocycles. The van der Waals surface area contributed by atoms with Gasteiger partial charge in [-0.05, 0) is 15.9 Å². The molecule has 0 saturated carbocycles. The Morgan fingerprint density at radius 3 is 2.47 bits per heavy atom. The van der Waals surface area contributed by atoms with Crippen LogP contribution in [0.4, 0.5) is 0 Å². The molecule has 0 saturated heterocycles. The smallest absolute Gasteiger partial charge is 0.357 e. The van der Waals surface area contributed by atoms with Crippen molar-refractivity contribution in [3.63, 3.8) is 0 Å². The molecule has 15 heavy (non-hydrogen) atoms. The molecular weight excluding hydrogens is 312 g/mol. The van der Waals surface area contributed by atoms with Gasteiger partial charge in [0.2, 0.25) is 5.03 Å². The van der Waals surface area contributed by atoms with E-state index in [1.165, 1.54) is 14.2 Å². The van der Waals surface area contributed by atoms with Gasteiger partial charge in [-0.1, -0.05) is 0 Å². The Balaban J connectivity index is 3.47. The summed E-state index contributed by atoms with van der Waals surface area (Å²) in [5.74, 6) is -0.705. The van der Waals surface area contributed by atoms with Crippen LogP contribution in [0.1, 0.15) is 10.5 Å². The van der Waals surface area contributed by atoms with Crippen molar-refractivity contribution in [1.82, 2.24) is 9.78 Å². The molecule has 84 valence electrons. The van der Waals surface area contributed by atoms with Crippen molar-refractivity contribution in [2.75, 3.05) is 7.11 Å². The summed E-state index contributed by atoms with van der Waals surface area (Å²) in [7, 11) is 3.70. The molecule has 0 aliphatic heterocycles. The van der Waals surface area contributed by atoms with Gasteiger partial charge < -0.3 is 4.74 Å². The van der Waals surface area contributed by atoms with E-state index in [1.807, 2.05) is 0 Å². The van der Waals surface area contributed by atoms with Gasteiger partial charge >= 0.3 is 5.97 Å². The van der Waals surface area contributed by atoms with Gasteiger partial charge in [0.05, 0.1) is 11.6 Å². The number of halogens is 2. The highest BCUT2D eigenvalue weighted by molar-refractivity contribution is 9.10. The molecule has 0 atom stereocenters. The van der Waals surface area contributed by atoms with Gasteiger partial charge in [-0.25, -0.2) is 13.2 Å². The molecule has 1 aromatic heterocycles. The first kappa shape index (κ1) is 12.5. The average molecular weight is 318 g/mol. The van der Waals surface area contributed by atoms with Gasteiger partial charge in [0.25, 0.3) is 9.05 Å². The predicted octanol–water partition coefficient (Wildman–Crippen LogP) is 0.897. The van der Waals surface area contributed by atoms with Crippen LogP contribution in [0, 0.1) is 0 Å². The number of aromatic nitrogens is 2. The Kier molecular flexibility index (Phi) is 3.41. The monoisotopic (exact) mass is 316 g/mol. The third-order valence-corrected chi connectivity index (χ3v) is 3.77. The van der Waals surface area contributed by atoms with E-state index in [9.17, 15) is 13.2 Å². The van der Waals surface area contributed by atoms with Gasteiger partial charge in [-0.3, -0.25) is 4.68 Å². The van der Waals surface area contributed by atoms with Crippen molar-refractivity contribution in [1.29, 1.82) is 0 Å². The van der Waals surface area contributed by atoms with Gasteiger partial charge in [0.1, 0.15) is 0 Å². The number of aryl methyl sites for hydroxylation is 1. The maximum absolute atomic E-state index is 11.2. The van der Waals surface area contributed by atoms with Crippen LogP contribution in [0.2, 0.25) is 0 Å². The number of ether oxygens (including phenoxy) is 1. The van der Waals surface area contributed by atoms with Crippen molar-refractivity contribution in [2.24, 2.45) is 7.05 Å². The lowest BCUT2D eigenvalue weighted by Crippen LogP contribution is -2.08. The Morgan fingerprint density at radius 1 is 1.60 bits per heavy atom. The number of esters is 1. The van der Waals surface area contributed by atoms with Crippen molar-refractivity contribution in [3.05, 3.63) is 10.2 Å². The Labute approximate surface area is 98.7 Å². The van der Waals surface area contributed by atoms with Crippen LogP contribution >= 0.6 is 26.6 Å². The molecule has 0 aromatic carbocycles.